The summed E-state index contributed by atoms with van der Waals surface area (Å²) in [7, 11) is 5.89. The van der Waals surface area contributed by atoms with Crippen molar-refractivity contribution in [3.8, 4) is 11.5 Å². The third-order valence-electron chi connectivity index (χ3n) is 4.01. The Kier molecular flexibility index (Phi) is 8.29. The molecular formula is C21H30N2O2. The summed E-state index contributed by atoms with van der Waals surface area (Å²) in [6.45, 7) is 3.59. The van der Waals surface area contributed by atoms with Gasteiger partial charge >= 0.3 is 0 Å². The van der Waals surface area contributed by atoms with E-state index in [1.165, 1.54) is 11.1 Å². The normalized spacial score (nSPS) is 10.9. The highest BCUT2D eigenvalue weighted by molar-refractivity contribution is 5.43. The van der Waals surface area contributed by atoms with Crippen LogP contribution in [0.3, 0.4) is 0 Å². The molecule has 0 amide bonds. The molecule has 0 radical (unpaired) electrons. The van der Waals surface area contributed by atoms with Crippen LogP contribution < -0.4 is 14.8 Å². The summed E-state index contributed by atoms with van der Waals surface area (Å²) in [5, 5.41) is 3.47. The molecule has 0 aliphatic rings. The van der Waals surface area contributed by atoms with E-state index in [-0.39, 0.29) is 0 Å². The van der Waals surface area contributed by atoms with Crippen molar-refractivity contribution < 1.29 is 9.47 Å². The Morgan fingerprint density at radius 2 is 1.76 bits per heavy atom. The second-order valence-corrected chi connectivity index (χ2v) is 6.40. The smallest absolute Gasteiger partial charge is 0.161 e. The van der Waals surface area contributed by atoms with E-state index in [2.05, 4.69) is 60.7 Å². The number of benzene rings is 2. The molecule has 136 valence electrons. The van der Waals surface area contributed by atoms with Crippen molar-refractivity contribution in [1.82, 2.24) is 10.2 Å². The number of hydrogen-bond donors (Lipinski definition) is 1. The Balaban J connectivity index is 1.79. The van der Waals surface area contributed by atoms with Gasteiger partial charge in [0.15, 0.2) is 11.5 Å². The van der Waals surface area contributed by atoms with Crippen LogP contribution in [0.2, 0.25) is 0 Å². The quantitative estimate of drug-likeness (QED) is 0.635. The highest BCUT2D eigenvalue weighted by Crippen LogP contribution is 2.28. The molecule has 0 aliphatic carbocycles. The number of methoxy groups -OCH3 is 1. The van der Waals surface area contributed by atoms with E-state index in [9.17, 15) is 0 Å². The molecule has 0 spiro atoms. The SMILES string of the molecule is COc1cc(CNCCCN(C)C)ccc1OCCc1ccccc1. The minimum atomic E-state index is 0.641. The molecule has 2 aromatic carbocycles. The summed E-state index contributed by atoms with van der Waals surface area (Å²) in [6, 6.07) is 16.5. The highest BCUT2D eigenvalue weighted by atomic mass is 16.5. The third kappa shape index (κ3) is 7.16. The van der Waals surface area contributed by atoms with Crippen molar-refractivity contribution >= 4 is 0 Å². The Bertz CT molecular complexity index is 615. The van der Waals surface area contributed by atoms with Gasteiger partial charge in [-0.3, -0.25) is 0 Å². The summed E-state index contributed by atoms with van der Waals surface area (Å²) in [5.74, 6) is 1.59. The maximum atomic E-state index is 5.91. The van der Waals surface area contributed by atoms with Crippen LogP contribution >= 0.6 is 0 Å². The minimum Gasteiger partial charge on any atom is -0.493 e. The van der Waals surface area contributed by atoms with Gasteiger partial charge in [0.1, 0.15) is 0 Å². The molecule has 0 saturated heterocycles. The average molecular weight is 342 g/mol. The lowest BCUT2D eigenvalue weighted by Crippen LogP contribution is -2.21. The minimum absolute atomic E-state index is 0.641. The number of rotatable bonds is 11. The molecule has 4 nitrogen and oxygen atoms in total. The van der Waals surface area contributed by atoms with E-state index in [4.69, 9.17) is 9.47 Å². The largest absolute Gasteiger partial charge is 0.493 e. The van der Waals surface area contributed by atoms with Gasteiger partial charge in [0.2, 0.25) is 0 Å². The number of hydrogen-bond acceptors (Lipinski definition) is 4. The lowest BCUT2D eigenvalue weighted by atomic mass is 10.1. The molecule has 1 N–H and O–H groups in total. The second kappa shape index (κ2) is 10.7. The van der Waals surface area contributed by atoms with Gasteiger partial charge in [-0.25, -0.2) is 0 Å². The van der Waals surface area contributed by atoms with Crippen LogP contribution in [0.4, 0.5) is 0 Å². The van der Waals surface area contributed by atoms with Crippen molar-refractivity contribution in [2.24, 2.45) is 0 Å². The number of ether oxygens (including phenoxy) is 2. The first kappa shape index (κ1) is 19.3. The van der Waals surface area contributed by atoms with Crippen LogP contribution in [-0.2, 0) is 13.0 Å². The highest BCUT2D eigenvalue weighted by Gasteiger charge is 2.06. The maximum absolute atomic E-state index is 5.91. The predicted molar refractivity (Wildman–Crippen MR) is 104 cm³/mol. The van der Waals surface area contributed by atoms with Crippen LogP contribution in [0, 0.1) is 0 Å². The lowest BCUT2D eigenvalue weighted by molar-refractivity contribution is 0.297. The fraction of sp³-hybridized carbons (Fsp3) is 0.429. The van der Waals surface area contributed by atoms with Crippen molar-refractivity contribution in [2.75, 3.05) is 40.9 Å². The maximum Gasteiger partial charge on any atom is 0.161 e. The van der Waals surface area contributed by atoms with E-state index >= 15 is 0 Å². The first-order chi connectivity index (χ1) is 12.2. The van der Waals surface area contributed by atoms with Gasteiger partial charge in [0, 0.05) is 13.0 Å². The molecular weight excluding hydrogens is 312 g/mol. The molecule has 4 heteroatoms. The van der Waals surface area contributed by atoms with Crippen molar-refractivity contribution in [3.05, 3.63) is 59.7 Å². The van der Waals surface area contributed by atoms with Gasteiger partial charge in [-0.2, -0.15) is 0 Å². The summed E-state index contributed by atoms with van der Waals surface area (Å²) in [6.07, 6.45) is 2.03. The fourth-order valence-corrected chi connectivity index (χ4v) is 2.62. The molecule has 0 heterocycles. The van der Waals surface area contributed by atoms with Crippen LogP contribution in [0.15, 0.2) is 48.5 Å². The Morgan fingerprint density at radius 1 is 0.960 bits per heavy atom. The lowest BCUT2D eigenvalue weighted by Gasteiger charge is -2.13. The molecule has 0 aromatic heterocycles. The first-order valence-corrected chi connectivity index (χ1v) is 8.88. The van der Waals surface area contributed by atoms with Gasteiger partial charge < -0.3 is 19.7 Å². The number of nitrogens with zero attached hydrogens (tertiary/aromatic N) is 1. The van der Waals surface area contributed by atoms with Crippen molar-refractivity contribution in [3.63, 3.8) is 0 Å². The summed E-state index contributed by atoms with van der Waals surface area (Å²) < 4.78 is 11.4. The fourth-order valence-electron chi connectivity index (χ4n) is 2.62. The molecule has 0 aliphatic heterocycles. The van der Waals surface area contributed by atoms with E-state index in [0.29, 0.717) is 6.61 Å². The monoisotopic (exact) mass is 342 g/mol. The summed E-state index contributed by atoms with van der Waals surface area (Å²) in [5.41, 5.74) is 2.48. The molecule has 0 atom stereocenters. The second-order valence-electron chi connectivity index (χ2n) is 6.40. The summed E-state index contributed by atoms with van der Waals surface area (Å²) in [4.78, 5) is 2.20. The van der Waals surface area contributed by atoms with E-state index < -0.39 is 0 Å². The Labute approximate surface area is 151 Å². The molecule has 0 bridgehead atoms. The predicted octanol–water partition coefficient (Wildman–Crippen LogP) is 3.36. The molecule has 0 unspecified atom stereocenters. The zero-order chi connectivity index (χ0) is 17.9. The zero-order valence-electron chi connectivity index (χ0n) is 15.6. The average Bonchev–Trinajstić information content (AvgIpc) is 2.63. The van der Waals surface area contributed by atoms with Crippen LogP contribution in [0.25, 0.3) is 0 Å². The van der Waals surface area contributed by atoms with Gasteiger partial charge in [-0.1, -0.05) is 36.4 Å². The van der Waals surface area contributed by atoms with E-state index in [0.717, 1.165) is 44.0 Å². The van der Waals surface area contributed by atoms with Crippen molar-refractivity contribution in [2.45, 2.75) is 19.4 Å². The summed E-state index contributed by atoms with van der Waals surface area (Å²) >= 11 is 0. The van der Waals surface area contributed by atoms with Gasteiger partial charge in [-0.05, 0) is 56.9 Å². The van der Waals surface area contributed by atoms with Gasteiger partial charge in [0.25, 0.3) is 0 Å². The van der Waals surface area contributed by atoms with Crippen LogP contribution in [0.5, 0.6) is 11.5 Å². The van der Waals surface area contributed by atoms with Crippen LogP contribution in [0.1, 0.15) is 17.5 Å². The zero-order valence-corrected chi connectivity index (χ0v) is 15.6. The third-order valence-corrected chi connectivity index (χ3v) is 4.01. The van der Waals surface area contributed by atoms with Crippen LogP contribution in [-0.4, -0.2) is 45.8 Å². The Morgan fingerprint density at radius 3 is 2.48 bits per heavy atom. The molecule has 2 rings (SSSR count). The van der Waals surface area contributed by atoms with E-state index in [1.54, 1.807) is 7.11 Å². The number of nitrogens with one attached hydrogen (secondary N) is 1. The van der Waals surface area contributed by atoms with Crippen molar-refractivity contribution in [1.29, 1.82) is 0 Å². The molecule has 2 aromatic rings. The molecule has 25 heavy (non-hydrogen) atoms. The topological polar surface area (TPSA) is 33.7 Å². The molecule has 0 fully saturated rings. The van der Waals surface area contributed by atoms with E-state index in [1.807, 2.05) is 12.1 Å². The van der Waals surface area contributed by atoms with Gasteiger partial charge in [0.05, 0.1) is 13.7 Å². The molecule has 0 saturated carbocycles. The standard InChI is InChI=1S/C21H30N2O2/c1-23(2)14-7-13-22-17-19-10-11-20(21(16-19)24-3)25-15-12-18-8-5-4-6-9-18/h4-6,8-11,16,22H,7,12-15,17H2,1-3H3. The Hall–Kier alpha value is -2.04. The van der Waals surface area contributed by atoms with Gasteiger partial charge in [-0.15, -0.1) is 0 Å². The first-order valence-electron chi connectivity index (χ1n) is 8.88.